The molecule has 2 heterocycles. The van der Waals surface area contributed by atoms with Crippen molar-refractivity contribution in [2.75, 3.05) is 0 Å². The number of aromatic nitrogens is 3. The Morgan fingerprint density at radius 3 is 1.72 bits per heavy atom. The molecule has 0 unspecified atom stereocenters. The zero-order valence-electron chi connectivity index (χ0n) is 19.4. The summed E-state index contributed by atoms with van der Waals surface area (Å²) in [5.74, 6) is 1.66. The fourth-order valence-corrected chi connectivity index (χ4v) is 6.08. The standard InChI is InChI=1S/C32H21N3S/c1-3-10-23(11-4-1)31-33-34-32(24-12-5-2-6-13-24)35(31)25-20-18-22(19-21-25)26-15-9-16-28-27-14-7-8-17-29(27)36-30(26)28/h1-21H. The zero-order valence-corrected chi connectivity index (χ0v) is 20.2. The van der Waals surface area contributed by atoms with Crippen LogP contribution < -0.4 is 0 Å². The van der Waals surface area contributed by atoms with Crippen LogP contribution in [0.2, 0.25) is 0 Å². The molecule has 7 aromatic rings. The Morgan fingerprint density at radius 1 is 0.472 bits per heavy atom. The van der Waals surface area contributed by atoms with Gasteiger partial charge in [-0.05, 0) is 29.3 Å². The van der Waals surface area contributed by atoms with E-state index >= 15 is 0 Å². The van der Waals surface area contributed by atoms with Crippen LogP contribution in [0.15, 0.2) is 127 Å². The topological polar surface area (TPSA) is 30.7 Å². The van der Waals surface area contributed by atoms with E-state index in [-0.39, 0.29) is 0 Å². The molecule has 7 rings (SSSR count). The van der Waals surface area contributed by atoms with Crippen molar-refractivity contribution in [3.8, 4) is 39.6 Å². The quantitative estimate of drug-likeness (QED) is 0.253. The van der Waals surface area contributed by atoms with Crippen LogP contribution in [0.5, 0.6) is 0 Å². The van der Waals surface area contributed by atoms with Gasteiger partial charge < -0.3 is 0 Å². The van der Waals surface area contributed by atoms with E-state index in [0.717, 1.165) is 28.5 Å². The Bertz CT molecular complexity index is 1760. The van der Waals surface area contributed by atoms with Gasteiger partial charge in [0.25, 0.3) is 0 Å². The van der Waals surface area contributed by atoms with Crippen LogP contribution >= 0.6 is 11.3 Å². The van der Waals surface area contributed by atoms with Crippen LogP contribution in [0.3, 0.4) is 0 Å². The van der Waals surface area contributed by atoms with Gasteiger partial charge in [-0.25, -0.2) is 0 Å². The van der Waals surface area contributed by atoms with Gasteiger partial charge in [0.15, 0.2) is 11.6 Å². The normalized spacial score (nSPS) is 11.3. The highest BCUT2D eigenvalue weighted by Gasteiger charge is 2.17. The van der Waals surface area contributed by atoms with Gasteiger partial charge >= 0.3 is 0 Å². The molecule has 0 N–H and O–H groups in total. The van der Waals surface area contributed by atoms with Crippen molar-refractivity contribution in [3.63, 3.8) is 0 Å². The Balaban J connectivity index is 1.38. The summed E-state index contributed by atoms with van der Waals surface area (Å²) in [5, 5.41) is 11.8. The first kappa shape index (κ1) is 20.8. The number of hydrogen-bond acceptors (Lipinski definition) is 3. The first-order chi connectivity index (χ1) is 17.9. The summed E-state index contributed by atoms with van der Waals surface area (Å²) >= 11 is 1.86. The van der Waals surface area contributed by atoms with E-state index in [0.29, 0.717) is 0 Å². The molecule has 4 heteroatoms. The third-order valence-corrected chi connectivity index (χ3v) is 7.79. The SMILES string of the molecule is c1ccc(-c2nnc(-c3ccccc3)n2-c2ccc(-c3cccc4c3sc3ccccc34)cc2)cc1. The predicted octanol–water partition coefficient (Wildman–Crippen LogP) is 8.64. The Labute approximate surface area is 212 Å². The number of hydrogen-bond donors (Lipinski definition) is 0. The van der Waals surface area contributed by atoms with Crippen molar-refractivity contribution in [1.29, 1.82) is 0 Å². The second-order valence-electron chi connectivity index (χ2n) is 8.74. The van der Waals surface area contributed by atoms with E-state index in [1.807, 2.05) is 47.7 Å². The lowest BCUT2D eigenvalue weighted by molar-refractivity contribution is 1.07. The average molecular weight is 480 g/mol. The Morgan fingerprint density at radius 2 is 1.06 bits per heavy atom. The van der Waals surface area contributed by atoms with Crippen molar-refractivity contribution in [2.45, 2.75) is 0 Å². The van der Waals surface area contributed by atoms with E-state index in [1.54, 1.807) is 0 Å². The molecule has 0 amide bonds. The lowest BCUT2D eigenvalue weighted by Crippen LogP contribution is -2.00. The van der Waals surface area contributed by atoms with Crippen molar-refractivity contribution in [2.24, 2.45) is 0 Å². The van der Waals surface area contributed by atoms with Crippen molar-refractivity contribution in [1.82, 2.24) is 14.8 Å². The van der Waals surface area contributed by atoms with Crippen LogP contribution in [0.25, 0.3) is 59.8 Å². The molecule has 36 heavy (non-hydrogen) atoms. The molecule has 5 aromatic carbocycles. The maximum Gasteiger partial charge on any atom is 0.168 e. The monoisotopic (exact) mass is 479 g/mol. The molecule has 0 saturated carbocycles. The maximum absolute atomic E-state index is 4.60. The fraction of sp³-hybridized carbons (Fsp3) is 0. The molecule has 0 atom stereocenters. The number of nitrogens with zero attached hydrogens (tertiary/aromatic N) is 3. The van der Waals surface area contributed by atoms with Crippen molar-refractivity contribution < 1.29 is 0 Å². The Kier molecular flexibility index (Phi) is 4.97. The van der Waals surface area contributed by atoms with Gasteiger partial charge in [-0.1, -0.05) is 109 Å². The van der Waals surface area contributed by atoms with Crippen LogP contribution in [0.1, 0.15) is 0 Å². The fourth-order valence-electron chi connectivity index (χ4n) is 4.84. The van der Waals surface area contributed by atoms with Gasteiger partial charge in [-0.15, -0.1) is 21.5 Å². The zero-order chi connectivity index (χ0) is 23.9. The van der Waals surface area contributed by atoms with Gasteiger partial charge in [-0.2, -0.15) is 0 Å². The molecule has 0 aliphatic heterocycles. The van der Waals surface area contributed by atoms with E-state index < -0.39 is 0 Å². The van der Waals surface area contributed by atoms with Gasteiger partial charge in [0.1, 0.15) is 0 Å². The summed E-state index contributed by atoms with van der Waals surface area (Å²) in [6.45, 7) is 0. The number of thiophene rings is 1. The second-order valence-corrected chi connectivity index (χ2v) is 9.79. The minimum Gasteiger partial charge on any atom is -0.275 e. The molecule has 0 radical (unpaired) electrons. The highest BCUT2D eigenvalue weighted by molar-refractivity contribution is 7.26. The van der Waals surface area contributed by atoms with Gasteiger partial charge in [-0.3, -0.25) is 4.57 Å². The van der Waals surface area contributed by atoms with Gasteiger partial charge in [0.2, 0.25) is 0 Å². The van der Waals surface area contributed by atoms with Crippen molar-refractivity contribution in [3.05, 3.63) is 127 Å². The number of fused-ring (bicyclic) bond motifs is 3. The molecule has 170 valence electrons. The molecular weight excluding hydrogens is 458 g/mol. The summed E-state index contributed by atoms with van der Waals surface area (Å²) < 4.78 is 4.79. The van der Waals surface area contributed by atoms with Crippen molar-refractivity contribution >= 4 is 31.5 Å². The molecule has 0 fully saturated rings. The lowest BCUT2D eigenvalue weighted by Gasteiger charge is -2.12. The highest BCUT2D eigenvalue weighted by Crippen LogP contribution is 2.40. The molecular formula is C32H21N3S. The molecule has 0 aliphatic rings. The summed E-state index contributed by atoms with van der Waals surface area (Å²) in [6.07, 6.45) is 0. The molecule has 2 aromatic heterocycles. The van der Waals surface area contributed by atoms with Gasteiger partial charge in [0, 0.05) is 37.0 Å². The van der Waals surface area contributed by atoms with E-state index in [4.69, 9.17) is 0 Å². The number of benzene rings is 5. The van der Waals surface area contributed by atoms with Gasteiger partial charge in [0.05, 0.1) is 0 Å². The van der Waals surface area contributed by atoms with Crippen LogP contribution in [-0.4, -0.2) is 14.8 Å². The summed E-state index contributed by atoms with van der Waals surface area (Å²) in [6, 6.07) is 44.5. The molecule has 3 nitrogen and oxygen atoms in total. The van der Waals surface area contributed by atoms with E-state index in [1.165, 1.54) is 31.3 Å². The number of rotatable bonds is 4. The summed E-state index contributed by atoms with van der Waals surface area (Å²) in [7, 11) is 0. The van der Waals surface area contributed by atoms with Crippen LogP contribution in [0, 0.1) is 0 Å². The predicted molar refractivity (Wildman–Crippen MR) is 151 cm³/mol. The minimum atomic E-state index is 0.828. The molecule has 0 spiro atoms. The third kappa shape index (κ3) is 3.43. The van der Waals surface area contributed by atoms with E-state index in [9.17, 15) is 0 Å². The third-order valence-electron chi connectivity index (χ3n) is 6.57. The molecule has 0 aliphatic carbocycles. The largest absolute Gasteiger partial charge is 0.275 e. The smallest absolute Gasteiger partial charge is 0.168 e. The molecule has 0 bridgehead atoms. The maximum atomic E-state index is 4.60. The second kappa shape index (κ2) is 8.59. The Hall–Kier alpha value is -4.54. The van der Waals surface area contributed by atoms with Crippen LogP contribution in [-0.2, 0) is 0 Å². The lowest BCUT2D eigenvalue weighted by atomic mass is 10.0. The average Bonchev–Trinajstić information content (AvgIpc) is 3.56. The van der Waals surface area contributed by atoms with Crippen LogP contribution in [0.4, 0.5) is 0 Å². The highest BCUT2D eigenvalue weighted by atomic mass is 32.1. The summed E-state index contributed by atoms with van der Waals surface area (Å²) in [5.41, 5.74) is 5.56. The summed E-state index contributed by atoms with van der Waals surface area (Å²) in [4.78, 5) is 0. The van der Waals surface area contributed by atoms with E-state index in [2.05, 4.69) is 106 Å². The molecule has 0 saturated heterocycles. The minimum absolute atomic E-state index is 0.828. The first-order valence-corrected chi connectivity index (χ1v) is 12.8. The first-order valence-electron chi connectivity index (χ1n) is 11.9.